The fourth-order valence-electron chi connectivity index (χ4n) is 4.73. The van der Waals surface area contributed by atoms with Gasteiger partial charge in [0.2, 0.25) is 5.95 Å². The first-order valence-electron chi connectivity index (χ1n) is 11.8. The number of hydrogen-bond donors (Lipinski definition) is 2. The van der Waals surface area contributed by atoms with Crippen LogP contribution in [0.1, 0.15) is 17.2 Å². The second-order valence-electron chi connectivity index (χ2n) is 8.65. The maximum absolute atomic E-state index is 13.6. The van der Waals surface area contributed by atoms with Crippen LogP contribution in [0, 0.1) is 0 Å². The highest BCUT2D eigenvalue weighted by Crippen LogP contribution is 2.48. The maximum Gasteiger partial charge on any atom is 0.302 e. The topological polar surface area (TPSA) is 123 Å². The van der Waals surface area contributed by atoms with Gasteiger partial charge in [-0.3, -0.25) is 14.5 Å². The van der Waals surface area contributed by atoms with Gasteiger partial charge in [-0.15, -0.1) is 0 Å². The van der Waals surface area contributed by atoms with E-state index in [1.807, 2.05) is 6.07 Å². The predicted molar refractivity (Wildman–Crippen MR) is 150 cm³/mol. The zero-order valence-electron chi connectivity index (χ0n) is 21.7. The second kappa shape index (κ2) is 10.6. The van der Waals surface area contributed by atoms with E-state index in [1.54, 1.807) is 36.4 Å². The van der Waals surface area contributed by atoms with E-state index in [0.717, 1.165) is 0 Å². The Morgan fingerprint density at radius 3 is 2.27 bits per heavy atom. The first kappa shape index (κ1) is 27.2. The van der Waals surface area contributed by atoms with Crippen molar-refractivity contribution in [3.8, 4) is 23.0 Å². The molecule has 2 N–H and O–H groups in total. The van der Waals surface area contributed by atoms with Crippen LogP contribution in [-0.4, -0.2) is 55.2 Å². The van der Waals surface area contributed by atoms with Crippen molar-refractivity contribution in [2.24, 2.45) is 0 Å². The summed E-state index contributed by atoms with van der Waals surface area (Å²) in [5.41, 5.74) is 1.42. The number of aromatic amines is 1. The lowest BCUT2D eigenvalue weighted by Crippen LogP contribution is -2.30. The number of ketones is 1. The molecule has 1 atom stereocenters. The predicted octanol–water partition coefficient (Wildman–Crippen LogP) is 5.53. The highest BCUT2D eigenvalue weighted by molar-refractivity contribution is 6.51. The Morgan fingerprint density at radius 1 is 0.925 bits per heavy atom. The maximum atomic E-state index is 13.6. The molecule has 1 aromatic heterocycles. The molecule has 1 amide bonds. The number of carbonyl (C=O) groups is 2. The number of rotatable bonds is 7. The number of halogens is 2. The average molecular weight is 584 g/mol. The fraction of sp³-hybridized carbons (Fsp3) is 0.179. The van der Waals surface area contributed by atoms with E-state index in [1.165, 1.54) is 39.4 Å². The lowest BCUT2D eigenvalue weighted by atomic mass is 9.94. The Kier molecular flexibility index (Phi) is 7.22. The van der Waals surface area contributed by atoms with Gasteiger partial charge in [0.25, 0.3) is 5.78 Å². The van der Waals surface area contributed by atoms with Crippen molar-refractivity contribution in [3.05, 3.63) is 75.3 Å². The molecular formula is C28H23Cl2N3O7. The molecule has 10 nitrogen and oxygen atoms in total. The third-order valence-electron chi connectivity index (χ3n) is 6.57. The normalized spacial score (nSPS) is 16.4. The minimum absolute atomic E-state index is 0.00131. The molecule has 0 spiro atoms. The first-order valence-corrected chi connectivity index (χ1v) is 12.6. The first-order chi connectivity index (χ1) is 19.2. The van der Waals surface area contributed by atoms with Crippen molar-refractivity contribution in [1.82, 2.24) is 9.97 Å². The van der Waals surface area contributed by atoms with Gasteiger partial charge in [-0.2, -0.15) is 0 Å². The standard InChI is InChI=1S/C28H23Cl2N3O7/c1-37-18-10-9-13(11-19(18)38-2)22-20(23(34)14-12-15(29)26(40-4)21(30)25(14)39-3)24(35)27(36)33(22)28-31-16-7-5-6-8-17(16)32-28/h5-12,22,34H,1-4H3,(H,31,32)/b23-20+. The van der Waals surface area contributed by atoms with Crippen LogP contribution in [-0.2, 0) is 9.59 Å². The Labute approximate surface area is 238 Å². The van der Waals surface area contributed by atoms with E-state index in [4.69, 9.17) is 42.1 Å². The molecule has 0 bridgehead atoms. The average Bonchev–Trinajstić information content (AvgIpc) is 3.50. The summed E-state index contributed by atoms with van der Waals surface area (Å²) < 4.78 is 21.5. The van der Waals surface area contributed by atoms with Gasteiger partial charge < -0.3 is 29.0 Å². The number of para-hydroxylation sites is 2. The third-order valence-corrected chi connectivity index (χ3v) is 7.19. The van der Waals surface area contributed by atoms with Crippen LogP contribution < -0.4 is 23.8 Å². The molecular weight excluding hydrogens is 561 g/mol. The number of amides is 1. The second-order valence-corrected chi connectivity index (χ2v) is 9.43. The van der Waals surface area contributed by atoms with Crippen molar-refractivity contribution < 1.29 is 33.6 Å². The number of hydrogen-bond acceptors (Lipinski definition) is 8. The molecule has 1 fully saturated rings. The fourth-order valence-corrected chi connectivity index (χ4v) is 5.42. The number of ether oxygens (including phenoxy) is 4. The van der Waals surface area contributed by atoms with Crippen LogP contribution in [0.4, 0.5) is 5.95 Å². The summed E-state index contributed by atoms with van der Waals surface area (Å²) in [6.45, 7) is 0. The number of carbonyl (C=O) groups excluding carboxylic acids is 2. The van der Waals surface area contributed by atoms with E-state index >= 15 is 0 Å². The quantitative estimate of drug-likeness (QED) is 0.165. The number of fused-ring (bicyclic) bond motifs is 1. The number of anilines is 1. The molecule has 3 aromatic carbocycles. The molecule has 1 unspecified atom stereocenters. The van der Waals surface area contributed by atoms with Crippen LogP contribution in [0.3, 0.4) is 0 Å². The van der Waals surface area contributed by atoms with Gasteiger partial charge in [0.05, 0.1) is 61.7 Å². The summed E-state index contributed by atoms with van der Waals surface area (Å²) >= 11 is 12.8. The number of Topliss-reactive ketones (excluding diaryl/α,β-unsaturated/α-hetero) is 1. The molecule has 2 heterocycles. The molecule has 0 saturated carbocycles. The number of aromatic nitrogens is 2. The van der Waals surface area contributed by atoms with Crippen LogP contribution in [0.25, 0.3) is 16.8 Å². The summed E-state index contributed by atoms with van der Waals surface area (Å²) in [6.07, 6.45) is 0. The minimum atomic E-state index is -1.13. The molecule has 4 aromatic rings. The molecule has 206 valence electrons. The molecule has 1 aliphatic heterocycles. The van der Waals surface area contributed by atoms with E-state index in [-0.39, 0.29) is 38.6 Å². The van der Waals surface area contributed by atoms with Crippen molar-refractivity contribution in [3.63, 3.8) is 0 Å². The highest BCUT2D eigenvalue weighted by atomic mass is 35.5. The van der Waals surface area contributed by atoms with Gasteiger partial charge in [-0.05, 0) is 35.9 Å². The van der Waals surface area contributed by atoms with Gasteiger partial charge in [-0.25, -0.2) is 4.98 Å². The summed E-state index contributed by atoms with van der Waals surface area (Å²) in [5.74, 6) is -1.41. The van der Waals surface area contributed by atoms with Gasteiger partial charge in [-0.1, -0.05) is 41.4 Å². The summed E-state index contributed by atoms with van der Waals surface area (Å²) in [7, 11) is 5.66. The Morgan fingerprint density at radius 2 is 1.62 bits per heavy atom. The monoisotopic (exact) mass is 583 g/mol. The molecule has 1 aliphatic rings. The van der Waals surface area contributed by atoms with E-state index in [0.29, 0.717) is 28.1 Å². The summed E-state index contributed by atoms with van der Waals surface area (Å²) in [5, 5.41) is 11.7. The Hall–Kier alpha value is -4.41. The van der Waals surface area contributed by atoms with Crippen molar-refractivity contribution in [1.29, 1.82) is 0 Å². The minimum Gasteiger partial charge on any atom is -0.507 e. The SMILES string of the molecule is COc1ccc(C2/C(=C(\O)c3cc(Cl)c(OC)c(Cl)c3OC)C(=O)C(=O)N2c2nc3ccccc3[nH]2)cc1OC. The zero-order chi connectivity index (χ0) is 28.7. The number of aliphatic hydroxyl groups is 1. The number of nitrogens with one attached hydrogen (secondary N) is 1. The number of imidazole rings is 1. The molecule has 40 heavy (non-hydrogen) atoms. The molecule has 12 heteroatoms. The number of methoxy groups -OCH3 is 4. The third kappa shape index (κ3) is 4.25. The number of benzene rings is 3. The summed E-state index contributed by atoms with van der Waals surface area (Å²) in [4.78, 5) is 36.0. The van der Waals surface area contributed by atoms with Crippen molar-refractivity contribution >= 4 is 57.6 Å². The van der Waals surface area contributed by atoms with E-state index in [9.17, 15) is 14.7 Å². The molecule has 0 radical (unpaired) electrons. The number of nitrogens with zero attached hydrogens (tertiary/aromatic N) is 2. The van der Waals surface area contributed by atoms with Gasteiger partial charge >= 0.3 is 5.91 Å². The highest BCUT2D eigenvalue weighted by Gasteiger charge is 2.49. The van der Waals surface area contributed by atoms with Crippen molar-refractivity contribution in [2.75, 3.05) is 33.3 Å². The number of H-pyrrole nitrogens is 1. The van der Waals surface area contributed by atoms with Gasteiger partial charge in [0.1, 0.15) is 10.8 Å². The summed E-state index contributed by atoms with van der Waals surface area (Å²) in [6, 6.07) is 12.3. The molecule has 1 saturated heterocycles. The molecule has 5 rings (SSSR count). The van der Waals surface area contributed by atoms with E-state index < -0.39 is 23.5 Å². The zero-order valence-corrected chi connectivity index (χ0v) is 23.3. The van der Waals surface area contributed by atoms with Crippen LogP contribution >= 0.6 is 23.2 Å². The lowest BCUT2D eigenvalue weighted by molar-refractivity contribution is -0.132. The Balaban J connectivity index is 1.80. The van der Waals surface area contributed by atoms with E-state index in [2.05, 4.69) is 9.97 Å². The lowest BCUT2D eigenvalue weighted by Gasteiger charge is -2.24. The Bertz CT molecular complexity index is 1670. The van der Waals surface area contributed by atoms with Gasteiger partial charge in [0.15, 0.2) is 23.0 Å². The smallest absolute Gasteiger partial charge is 0.302 e. The van der Waals surface area contributed by atoms with Crippen molar-refractivity contribution in [2.45, 2.75) is 6.04 Å². The van der Waals surface area contributed by atoms with Crippen LogP contribution in [0.5, 0.6) is 23.0 Å². The number of aliphatic hydroxyl groups excluding tert-OH is 1. The largest absolute Gasteiger partial charge is 0.507 e. The van der Waals surface area contributed by atoms with Crippen LogP contribution in [0.2, 0.25) is 10.0 Å². The van der Waals surface area contributed by atoms with Gasteiger partial charge in [0, 0.05) is 0 Å². The van der Waals surface area contributed by atoms with Crippen LogP contribution in [0.15, 0.2) is 54.1 Å². The molecule has 0 aliphatic carbocycles.